The molecule has 1 unspecified atom stereocenters. The van der Waals surface area contributed by atoms with Gasteiger partial charge < -0.3 is 10.5 Å². The minimum absolute atomic E-state index is 0.381. The quantitative estimate of drug-likeness (QED) is 0.838. The second-order valence-corrected chi connectivity index (χ2v) is 5.43. The van der Waals surface area contributed by atoms with E-state index in [-0.39, 0.29) is 0 Å². The SMILES string of the molecule is COc1ccc(C#CCN)cc1CN(C)C(C)C(C)C. The molecule has 0 radical (unpaired) electrons. The van der Waals surface area contributed by atoms with Crippen LogP contribution in [0.15, 0.2) is 18.2 Å². The molecule has 0 aliphatic heterocycles. The van der Waals surface area contributed by atoms with E-state index in [2.05, 4.69) is 50.6 Å². The Bertz CT molecular complexity index is 485. The number of benzene rings is 1. The van der Waals surface area contributed by atoms with Crippen LogP contribution in [0.3, 0.4) is 0 Å². The van der Waals surface area contributed by atoms with Crippen LogP contribution in [0.5, 0.6) is 5.75 Å². The molecule has 110 valence electrons. The van der Waals surface area contributed by atoms with Crippen molar-refractivity contribution in [2.24, 2.45) is 11.7 Å². The van der Waals surface area contributed by atoms with E-state index in [0.29, 0.717) is 18.5 Å². The van der Waals surface area contributed by atoms with Gasteiger partial charge in [-0.05, 0) is 38.1 Å². The molecule has 0 fully saturated rings. The van der Waals surface area contributed by atoms with E-state index in [1.54, 1.807) is 7.11 Å². The van der Waals surface area contributed by atoms with Crippen LogP contribution in [0.25, 0.3) is 0 Å². The third-order valence-electron chi connectivity index (χ3n) is 3.69. The van der Waals surface area contributed by atoms with Crippen LogP contribution in [-0.4, -0.2) is 31.6 Å². The third kappa shape index (κ3) is 4.56. The average molecular weight is 274 g/mol. The first-order valence-electron chi connectivity index (χ1n) is 7.05. The molecule has 20 heavy (non-hydrogen) atoms. The molecule has 3 heteroatoms. The van der Waals surface area contributed by atoms with E-state index >= 15 is 0 Å². The Kier molecular flexibility index (Phi) is 6.57. The van der Waals surface area contributed by atoms with Crippen LogP contribution in [0.4, 0.5) is 0 Å². The molecule has 3 nitrogen and oxygen atoms in total. The van der Waals surface area contributed by atoms with Crippen molar-refractivity contribution in [1.29, 1.82) is 0 Å². The molecule has 1 atom stereocenters. The number of hydrogen-bond acceptors (Lipinski definition) is 3. The second-order valence-electron chi connectivity index (χ2n) is 5.43. The highest BCUT2D eigenvalue weighted by Gasteiger charge is 2.15. The average Bonchev–Trinajstić information content (AvgIpc) is 2.44. The lowest BCUT2D eigenvalue weighted by Gasteiger charge is -2.28. The van der Waals surface area contributed by atoms with Gasteiger partial charge in [-0.1, -0.05) is 25.7 Å². The highest BCUT2D eigenvalue weighted by molar-refractivity contribution is 5.44. The first-order chi connectivity index (χ1) is 9.49. The molecule has 1 aromatic rings. The summed E-state index contributed by atoms with van der Waals surface area (Å²) in [5, 5.41) is 0. The Morgan fingerprint density at radius 3 is 2.55 bits per heavy atom. The highest BCUT2D eigenvalue weighted by Crippen LogP contribution is 2.22. The summed E-state index contributed by atoms with van der Waals surface area (Å²) >= 11 is 0. The molecule has 0 amide bonds. The molecule has 0 heterocycles. The maximum atomic E-state index is 5.45. The lowest BCUT2D eigenvalue weighted by atomic mass is 10.0. The standard InChI is InChI=1S/C17H26N2O/c1-13(2)14(3)19(4)12-16-11-15(7-6-10-18)8-9-17(16)20-5/h8-9,11,13-14H,10,12,18H2,1-5H3. The lowest BCUT2D eigenvalue weighted by Crippen LogP contribution is -2.32. The van der Waals surface area contributed by atoms with Crippen molar-refractivity contribution in [3.05, 3.63) is 29.3 Å². The maximum Gasteiger partial charge on any atom is 0.123 e. The van der Waals surface area contributed by atoms with E-state index in [0.717, 1.165) is 23.4 Å². The summed E-state index contributed by atoms with van der Waals surface area (Å²) < 4.78 is 5.45. The monoisotopic (exact) mass is 274 g/mol. The van der Waals surface area contributed by atoms with E-state index in [4.69, 9.17) is 10.5 Å². The van der Waals surface area contributed by atoms with Gasteiger partial charge in [0, 0.05) is 23.7 Å². The van der Waals surface area contributed by atoms with E-state index in [9.17, 15) is 0 Å². The van der Waals surface area contributed by atoms with Crippen molar-refractivity contribution < 1.29 is 4.74 Å². The van der Waals surface area contributed by atoms with Crippen molar-refractivity contribution in [2.75, 3.05) is 20.7 Å². The Morgan fingerprint density at radius 1 is 1.30 bits per heavy atom. The van der Waals surface area contributed by atoms with E-state index < -0.39 is 0 Å². The topological polar surface area (TPSA) is 38.5 Å². The van der Waals surface area contributed by atoms with Crippen molar-refractivity contribution in [3.8, 4) is 17.6 Å². The molecule has 0 aliphatic carbocycles. The smallest absolute Gasteiger partial charge is 0.123 e. The molecular weight excluding hydrogens is 248 g/mol. The summed E-state index contributed by atoms with van der Waals surface area (Å²) in [5.74, 6) is 7.48. The van der Waals surface area contributed by atoms with Gasteiger partial charge in [0.15, 0.2) is 0 Å². The Balaban J connectivity index is 2.96. The molecule has 2 N–H and O–H groups in total. The number of rotatable bonds is 5. The van der Waals surface area contributed by atoms with Gasteiger partial charge >= 0.3 is 0 Å². The van der Waals surface area contributed by atoms with Crippen molar-refractivity contribution >= 4 is 0 Å². The van der Waals surface area contributed by atoms with Gasteiger partial charge in [0.25, 0.3) is 0 Å². The third-order valence-corrected chi connectivity index (χ3v) is 3.69. The summed E-state index contributed by atoms with van der Waals surface area (Å²) in [7, 11) is 3.85. The predicted molar refractivity (Wildman–Crippen MR) is 84.7 cm³/mol. The Labute approximate surface area is 123 Å². The second kappa shape index (κ2) is 7.94. The minimum atomic E-state index is 0.381. The van der Waals surface area contributed by atoms with Crippen LogP contribution in [-0.2, 0) is 6.54 Å². The van der Waals surface area contributed by atoms with Crippen molar-refractivity contribution in [1.82, 2.24) is 4.90 Å². The highest BCUT2D eigenvalue weighted by atomic mass is 16.5. The molecule has 0 spiro atoms. The van der Waals surface area contributed by atoms with Gasteiger partial charge in [-0.2, -0.15) is 0 Å². The zero-order valence-electron chi connectivity index (χ0n) is 13.2. The van der Waals surface area contributed by atoms with Gasteiger partial charge in [0.05, 0.1) is 13.7 Å². The predicted octanol–water partition coefficient (Wildman–Crippen LogP) is 2.48. The van der Waals surface area contributed by atoms with Gasteiger partial charge in [0.2, 0.25) is 0 Å². The molecule has 0 aliphatic rings. The fraction of sp³-hybridized carbons (Fsp3) is 0.529. The van der Waals surface area contributed by atoms with Crippen LogP contribution in [0.1, 0.15) is 31.9 Å². The maximum absolute atomic E-state index is 5.45. The molecule has 1 rings (SSSR count). The normalized spacial score (nSPS) is 12.2. The Hall–Kier alpha value is -1.50. The molecular formula is C17H26N2O. The largest absolute Gasteiger partial charge is 0.496 e. The summed E-state index contributed by atoms with van der Waals surface area (Å²) in [6.45, 7) is 7.95. The minimum Gasteiger partial charge on any atom is -0.496 e. The molecule has 0 saturated carbocycles. The van der Waals surface area contributed by atoms with Crippen LogP contribution in [0.2, 0.25) is 0 Å². The van der Waals surface area contributed by atoms with E-state index in [1.807, 2.05) is 12.1 Å². The van der Waals surface area contributed by atoms with Gasteiger partial charge in [-0.3, -0.25) is 4.90 Å². The van der Waals surface area contributed by atoms with Gasteiger partial charge in [0.1, 0.15) is 5.75 Å². The van der Waals surface area contributed by atoms with Crippen molar-refractivity contribution in [2.45, 2.75) is 33.4 Å². The summed E-state index contributed by atoms with van der Waals surface area (Å²) in [6.07, 6.45) is 0. The van der Waals surface area contributed by atoms with Crippen LogP contribution >= 0.6 is 0 Å². The fourth-order valence-corrected chi connectivity index (χ4v) is 2.05. The number of ether oxygens (including phenoxy) is 1. The summed E-state index contributed by atoms with van der Waals surface area (Å²) in [4.78, 5) is 2.34. The number of hydrogen-bond donors (Lipinski definition) is 1. The molecule has 0 bridgehead atoms. The zero-order chi connectivity index (χ0) is 15.1. The summed E-state index contributed by atoms with van der Waals surface area (Å²) in [5.41, 5.74) is 7.56. The van der Waals surface area contributed by atoms with E-state index in [1.165, 1.54) is 0 Å². The molecule has 0 aromatic heterocycles. The number of methoxy groups -OCH3 is 1. The first kappa shape index (κ1) is 16.6. The molecule has 0 saturated heterocycles. The van der Waals surface area contributed by atoms with Crippen LogP contribution in [0, 0.1) is 17.8 Å². The lowest BCUT2D eigenvalue weighted by molar-refractivity contribution is 0.198. The zero-order valence-corrected chi connectivity index (χ0v) is 13.2. The Morgan fingerprint density at radius 2 is 2.00 bits per heavy atom. The molecule has 1 aromatic carbocycles. The number of nitrogens with two attached hydrogens (primary N) is 1. The fourth-order valence-electron chi connectivity index (χ4n) is 2.05. The summed E-state index contributed by atoms with van der Waals surface area (Å²) in [6, 6.07) is 6.55. The van der Waals surface area contributed by atoms with Gasteiger partial charge in [-0.25, -0.2) is 0 Å². The first-order valence-corrected chi connectivity index (χ1v) is 7.05. The number of nitrogens with zero attached hydrogens (tertiary/aromatic N) is 1. The van der Waals surface area contributed by atoms with Crippen molar-refractivity contribution in [3.63, 3.8) is 0 Å². The van der Waals surface area contributed by atoms with Gasteiger partial charge in [-0.15, -0.1) is 0 Å². The van der Waals surface area contributed by atoms with Crippen LogP contribution < -0.4 is 10.5 Å².